The van der Waals surface area contributed by atoms with Gasteiger partial charge in [-0.2, -0.15) is 10.2 Å². The highest BCUT2D eigenvalue weighted by Gasteiger charge is 2.04. The molecule has 0 saturated heterocycles. The fourth-order valence-corrected chi connectivity index (χ4v) is 1.03. The van der Waals surface area contributed by atoms with Crippen molar-refractivity contribution in [1.29, 1.82) is 0 Å². The van der Waals surface area contributed by atoms with Crippen LogP contribution < -0.4 is 0 Å². The molecule has 0 bridgehead atoms. The Morgan fingerprint density at radius 3 is 2.60 bits per heavy atom. The first-order valence-corrected chi connectivity index (χ1v) is 3.56. The van der Waals surface area contributed by atoms with Crippen LogP contribution in [0.15, 0.2) is 12.3 Å². The van der Waals surface area contributed by atoms with Crippen LogP contribution in [0.1, 0.15) is 25.5 Å². The molecule has 0 radical (unpaired) electrons. The molecule has 2 nitrogen and oxygen atoms in total. The standard InChI is InChI=1S/C7H9ClN2/c1-5(2)7-6(8)3-4-9-10-7/h3-5H,1-2H3. The third-order valence-corrected chi connectivity index (χ3v) is 1.56. The molecule has 0 fully saturated rings. The summed E-state index contributed by atoms with van der Waals surface area (Å²) in [4.78, 5) is 0. The van der Waals surface area contributed by atoms with Gasteiger partial charge in [0.15, 0.2) is 0 Å². The van der Waals surface area contributed by atoms with Crippen LogP contribution in [0, 0.1) is 0 Å². The van der Waals surface area contributed by atoms with Gasteiger partial charge >= 0.3 is 0 Å². The minimum absolute atomic E-state index is 0.348. The molecule has 0 aliphatic heterocycles. The van der Waals surface area contributed by atoms with E-state index in [0.29, 0.717) is 10.9 Å². The van der Waals surface area contributed by atoms with Crippen molar-refractivity contribution >= 4 is 11.6 Å². The highest BCUT2D eigenvalue weighted by atomic mass is 35.5. The molecule has 0 aliphatic carbocycles. The average Bonchev–Trinajstić information content (AvgIpc) is 1.88. The Morgan fingerprint density at radius 2 is 2.20 bits per heavy atom. The van der Waals surface area contributed by atoms with Gasteiger partial charge in [0.25, 0.3) is 0 Å². The van der Waals surface area contributed by atoms with E-state index in [4.69, 9.17) is 11.6 Å². The SMILES string of the molecule is CC(C)c1nnccc1Cl. The van der Waals surface area contributed by atoms with E-state index >= 15 is 0 Å². The molecule has 54 valence electrons. The van der Waals surface area contributed by atoms with E-state index in [2.05, 4.69) is 10.2 Å². The lowest BCUT2D eigenvalue weighted by atomic mass is 10.1. The lowest BCUT2D eigenvalue weighted by Crippen LogP contribution is -1.94. The Kier molecular flexibility index (Phi) is 2.22. The van der Waals surface area contributed by atoms with Crippen molar-refractivity contribution in [3.05, 3.63) is 23.0 Å². The molecule has 0 aliphatic rings. The number of hydrogen-bond donors (Lipinski definition) is 0. The van der Waals surface area contributed by atoms with Gasteiger partial charge in [0, 0.05) is 0 Å². The van der Waals surface area contributed by atoms with E-state index in [-0.39, 0.29) is 0 Å². The van der Waals surface area contributed by atoms with E-state index in [9.17, 15) is 0 Å². The third kappa shape index (κ3) is 1.45. The van der Waals surface area contributed by atoms with Crippen molar-refractivity contribution in [1.82, 2.24) is 10.2 Å². The van der Waals surface area contributed by atoms with Gasteiger partial charge in [-0.15, -0.1) is 0 Å². The Morgan fingerprint density at radius 1 is 1.50 bits per heavy atom. The average molecular weight is 157 g/mol. The van der Waals surface area contributed by atoms with Crippen molar-refractivity contribution in [2.45, 2.75) is 19.8 Å². The van der Waals surface area contributed by atoms with Crippen LogP contribution in [-0.2, 0) is 0 Å². The first-order valence-electron chi connectivity index (χ1n) is 3.19. The normalized spacial score (nSPS) is 10.4. The van der Waals surface area contributed by atoms with Gasteiger partial charge in [-0.1, -0.05) is 25.4 Å². The molecule has 0 atom stereocenters. The van der Waals surface area contributed by atoms with Crippen LogP contribution in [0.5, 0.6) is 0 Å². The molecule has 0 saturated carbocycles. The van der Waals surface area contributed by atoms with Crippen molar-refractivity contribution in [2.75, 3.05) is 0 Å². The fraction of sp³-hybridized carbons (Fsp3) is 0.429. The van der Waals surface area contributed by atoms with Gasteiger partial charge in [0.2, 0.25) is 0 Å². The number of hydrogen-bond acceptors (Lipinski definition) is 2. The second-order valence-corrected chi connectivity index (χ2v) is 2.83. The predicted octanol–water partition coefficient (Wildman–Crippen LogP) is 2.25. The Hall–Kier alpha value is -0.630. The van der Waals surface area contributed by atoms with Crippen LogP contribution in [0.4, 0.5) is 0 Å². The maximum Gasteiger partial charge on any atom is 0.0842 e. The van der Waals surface area contributed by atoms with Crippen molar-refractivity contribution in [2.24, 2.45) is 0 Å². The smallest absolute Gasteiger partial charge is 0.0842 e. The molecule has 1 heterocycles. The van der Waals surface area contributed by atoms with Crippen LogP contribution in [0.2, 0.25) is 5.02 Å². The van der Waals surface area contributed by atoms with Gasteiger partial charge in [-0.3, -0.25) is 0 Å². The minimum Gasteiger partial charge on any atom is -0.159 e. The Labute approximate surface area is 65.2 Å². The summed E-state index contributed by atoms with van der Waals surface area (Å²) < 4.78 is 0. The maximum absolute atomic E-state index is 5.82. The predicted molar refractivity (Wildman–Crippen MR) is 41.1 cm³/mol. The molecule has 0 aromatic carbocycles. The second-order valence-electron chi connectivity index (χ2n) is 2.42. The second kappa shape index (κ2) is 2.97. The lowest BCUT2D eigenvalue weighted by Gasteiger charge is -2.02. The van der Waals surface area contributed by atoms with Crippen molar-refractivity contribution in [3.63, 3.8) is 0 Å². The number of nitrogens with zero attached hydrogens (tertiary/aromatic N) is 2. The summed E-state index contributed by atoms with van der Waals surface area (Å²) in [5.41, 5.74) is 0.865. The van der Waals surface area contributed by atoms with Gasteiger partial charge in [-0.05, 0) is 12.0 Å². The summed E-state index contributed by atoms with van der Waals surface area (Å²) in [7, 11) is 0. The summed E-state index contributed by atoms with van der Waals surface area (Å²) in [5, 5.41) is 8.33. The molecule has 1 rings (SSSR count). The minimum atomic E-state index is 0.348. The zero-order valence-corrected chi connectivity index (χ0v) is 6.76. The van der Waals surface area contributed by atoms with Gasteiger partial charge in [-0.25, -0.2) is 0 Å². The van der Waals surface area contributed by atoms with E-state index in [1.807, 2.05) is 13.8 Å². The largest absolute Gasteiger partial charge is 0.159 e. The van der Waals surface area contributed by atoms with Crippen molar-refractivity contribution in [3.8, 4) is 0 Å². The van der Waals surface area contributed by atoms with E-state index < -0.39 is 0 Å². The van der Waals surface area contributed by atoms with Crippen LogP contribution in [0.25, 0.3) is 0 Å². The van der Waals surface area contributed by atoms with E-state index in [1.165, 1.54) is 0 Å². The monoisotopic (exact) mass is 156 g/mol. The van der Waals surface area contributed by atoms with E-state index in [0.717, 1.165) is 5.69 Å². The van der Waals surface area contributed by atoms with Gasteiger partial charge in [0.1, 0.15) is 0 Å². The topological polar surface area (TPSA) is 25.8 Å². The highest BCUT2D eigenvalue weighted by Crippen LogP contribution is 2.19. The van der Waals surface area contributed by atoms with Crippen LogP contribution in [0.3, 0.4) is 0 Å². The van der Waals surface area contributed by atoms with Crippen LogP contribution in [-0.4, -0.2) is 10.2 Å². The highest BCUT2D eigenvalue weighted by molar-refractivity contribution is 6.31. The molecule has 0 spiro atoms. The molecule has 1 aromatic heterocycles. The van der Waals surface area contributed by atoms with E-state index in [1.54, 1.807) is 12.3 Å². The summed E-state index contributed by atoms with van der Waals surface area (Å²) in [6.07, 6.45) is 1.59. The number of rotatable bonds is 1. The molecule has 0 unspecified atom stereocenters. The molecule has 0 amide bonds. The molecule has 3 heteroatoms. The number of aromatic nitrogens is 2. The summed E-state index contributed by atoms with van der Waals surface area (Å²) >= 11 is 5.82. The first-order chi connectivity index (χ1) is 4.72. The maximum atomic E-state index is 5.82. The molecular weight excluding hydrogens is 148 g/mol. The zero-order valence-electron chi connectivity index (χ0n) is 6.00. The zero-order chi connectivity index (χ0) is 7.56. The fourth-order valence-electron chi connectivity index (χ4n) is 0.719. The van der Waals surface area contributed by atoms with Crippen molar-refractivity contribution < 1.29 is 0 Å². The lowest BCUT2D eigenvalue weighted by molar-refractivity contribution is 0.785. The van der Waals surface area contributed by atoms with Gasteiger partial charge in [0.05, 0.1) is 16.9 Å². The summed E-state index contributed by atoms with van der Waals surface area (Å²) in [6.45, 7) is 4.08. The van der Waals surface area contributed by atoms with Crippen LogP contribution >= 0.6 is 11.6 Å². The molecule has 1 aromatic rings. The molecule has 0 N–H and O–H groups in total. The summed E-state index contributed by atoms with van der Waals surface area (Å²) in [5.74, 6) is 0.348. The number of halogens is 1. The first kappa shape index (κ1) is 7.48. The summed E-state index contributed by atoms with van der Waals surface area (Å²) in [6, 6.07) is 1.75. The quantitative estimate of drug-likeness (QED) is 0.624. The molecule has 10 heavy (non-hydrogen) atoms. The third-order valence-electron chi connectivity index (χ3n) is 1.24. The Bertz CT molecular complexity index is 223. The molecular formula is C7H9ClN2. The Balaban J connectivity index is 3.03. The van der Waals surface area contributed by atoms with Gasteiger partial charge < -0.3 is 0 Å².